The van der Waals surface area contributed by atoms with Gasteiger partial charge in [-0.05, 0) is 30.0 Å². The van der Waals surface area contributed by atoms with Gasteiger partial charge in [-0.3, -0.25) is 4.90 Å². The number of rotatable bonds is 2. The summed E-state index contributed by atoms with van der Waals surface area (Å²) < 4.78 is 14.6. The Morgan fingerprint density at radius 3 is 2.79 bits per heavy atom. The molecule has 0 saturated carbocycles. The minimum absolute atomic E-state index is 0. The minimum atomic E-state index is -0.133. The molecule has 1 aromatic carbocycles. The van der Waals surface area contributed by atoms with Crippen LogP contribution in [0.25, 0.3) is 0 Å². The molecular formula is C14H21BrClFN2. The number of benzene rings is 1. The molecule has 19 heavy (non-hydrogen) atoms. The van der Waals surface area contributed by atoms with Crippen molar-refractivity contribution in [2.75, 3.05) is 13.1 Å². The van der Waals surface area contributed by atoms with Crippen LogP contribution in [0.2, 0.25) is 0 Å². The van der Waals surface area contributed by atoms with Crippen LogP contribution >= 0.6 is 28.3 Å². The Morgan fingerprint density at radius 2 is 2.16 bits per heavy atom. The van der Waals surface area contributed by atoms with E-state index in [1.54, 1.807) is 6.07 Å². The number of likely N-dealkylation sites (tertiary alicyclic amines) is 1. The largest absolute Gasteiger partial charge is 0.327 e. The predicted octanol–water partition coefficient (Wildman–Crippen LogP) is 3.57. The van der Waals surface area contributed by atoms with Crippen molar-refractivity contribution >= 4 is 28.3 Å². The molecule has 0 aliphatic carbocycles. The summed E-state index contributed by atoms with van der Waals surface area (Å²) in [5.74, 6) is -0.133. The first kappa shape index (κ1) is 16.9. The second-order valence-corrected chi connectivity index (χ2v) is 6.75. The maximum atomic E-state index is 13.7. The van der Waals surface area contributed by atoms with Crippen molar-refractivity contribution in [2.24, 2.45) is 11.1 Å². The van der Waals surface area contributed by atoms with Crippen LogP contribution in [0.4, 0.5) is 4.39 Å². The second kappa shape index (κ2) is 6.53. The molecule has 2 nitrogen and oxygen atoms in total. The van der Waals surface area contributed by atoms with Gasteiger partial charge in [0.2, 0.25) is 0 Å². The Bertz CT molecular complexity index is 439. The topological polar surface area (TPSA) is 29.3 Å². The standard InChI is InChI=1S/C14H20BrFN2.ClH/c1-14(2)9-18(6-5-13(14)17)8-10-7-11(15)3-4-12(10)16;/h3-4,7,13H,5-6,8-9,17H2,1-2H3;1H. The fourth-order valence-corrected chi connectivity index (χ4v) is 2.93. The second-order valence-electron chi connectivity index (χ2n) is 5.83. The van der Waals surface area contributed by atoms with E-state index in [-0.39, 0.29) is 29.7 Å². The third-order valence-corrected chi connectivity index (χ3v) is 4.29. The van der Waals surface area contributed by atoms with Crippen LogP contribution in [0.15, 0.2) is 22.7 Å². The molecule has 1 atom stereocenters. The lowest BCUT2D eigenvalue weighted by molar-refractivity contribution is 0.0890. The summed E-state index contributed by atoms with van der Waals surface area (Å²) in [7, 11) is 0. The van der Waals surface area contributed by atoms with E-state index in [1.165, 1.54) is 6.07 Å². The number of hydrogen-bond donors (Lipinski definition) is 1. The molecule has 1 aliphatic rings. The molecule has 0 radical (unpaired) electrons. The van der Waals surface area contributed by atoms with E-state index in [0.29, 0.717) is 6.54 Å². The maximum Gasteiger partial charge on any atom is 0.127 e. The highest BCUT2D eigenvalue weighted by atomic mass is 79.9. The molecule has 1 saturated heterocycles. The van der Waals surface area contributed by atoms with Gasteiger partial charge in [-0.15, -0.1) is 12.4 Å². The third-order valence-electron chi connectivity index (χ3n) is 3.79. The van der Waals surface area contributed by atoms with Crippen molar-refractivity contribution in [1.29, 1.82) is 0 Å². The number of nitrogens with two attached hydrogens (primary N) is 1. The average Bonchev–Trinajstić information content (AvgIpc) is 2.28. The van der Waals surface area contributed by atoms with Gasteiger partial charge < -0.3 is 5.73 Å². The Kier molecular flexibility index (Phi) is 5.80. The van der Waals surface area contributed by atoms with Crippen LogP contribution in [0.5, 0.6) is 0 Å². The van der Waals surface area contributed by atoms with Crippen molar-refractivity contribution < 1.29 is 4.39 Å². The summed E-state index contributed by atoms with van der Waals surface area (Å²) in [6.45, 7) is 6.88. The average molecular weight is 352 g/mol. The van der Waals surface area contributed by atoms with Gasteiger partial charge in [-0.2, -0.15) is 0 Å². The van der Waals surface area contributed by atoms with E-state index in [0.717, 1.165) is 29.5 Å². The summed E-state index contributed by atoms with van der Waals surface area (Å²) >= 11 is 3.39. The van der Waals surface area contributed by atoms with E-state index >= 15 is 0 Å². The third kappa shape index (κ3) is 4.15. The highest BCUT2D eigenvalue weighted by Crippen LogP contribution is 2.29. The minimum Gasteiger partial charge on any atom is -0.327 e. The highest BCUT2D eigenvalue weighted by molar-refractivity contribution is 9.10. The Labute approximate surface area is 129 Å². The fourth-order valence-electron chi connectivity index (χ4n) is 2.53. The van der Waals surface area contributed by atoms with E-state index in [1.807, 2.05) is 6.07 Å². The normalized spacial score (nSPS) is 22.9. The maximum absolute atomic E-state index is 13.7. The molecule has 0 spiro atoms. The zero-order valence-corrected chi connectivity index (χ0v) is 13.7. The summed E-state index contributed by atoms with van der Waals surface area (Å²) in [6.07, 6.45) is 0.975. The van der Waals surface area contributed by atoms with E-state index in [4.69, 9.17) is 5.73 Å². The molecule has 0 amide bonds. The molecule has 0 bridgehead atoms. The fraction of sp³-hybridized carbons (Fsp3) is 0.571. The lowest BCUT2D eigenvalue weighted by Gasteiger charge is -2.42. The molecule has 2 N–H and O–H groups in total. The lowest BCUT2D eigenvalue weighted by Crippen LogP contribution is -2.52. The Balaban J connectivity index is 0.00000180. The molecule has 1 heterocycles. The van der Waals surface area contributed by atoms with Gasteiger partial charge in [-0.1, -0.05) is 29.8 Å². The first-order valence-electron chi connectivity index (χ1n) is 6.30. The smallest absolute Gasteiger partial charge is 0.127 e. The van der Waals surface area contributed by atoms with Crippen LogP contribution in [-0.4, -0.2) is 24.0 Å². The van der Waals surface area contributed by atoms with Crippen molar-refractivity contribution in [1.82, 2.24) is 4.90 Å². The molecule has 108 valence electrons. The first-order chi connectivity index (χ1) is 8.38. The Morgan fingerprint density at radius 1 is 1.47 bits per heavy atom. The quantitative estimate of drug-likeness (QED) is 0.882. The molecule has 1 unspecified atom stereocenters. The molecule has 1 fully saturated rings. The predicted molar refractivity (Wildman–Crippen MR) is 83.0 cm³/mol. The van der Waals surface area contributed by atoms with Crippen molar-refractivity contribution in [3.63, 3.8) is 0 Å². The van der Waals surface area contributed by atoms with Gasteiger partial charge in [0, 0.05) is 35.7 Å². The van der Waals surface area contributed by atoms with Gasteiger partial charge in [-0.25, -0.2) is 4.39 Å². The zero-order chi connectivity index (χ0) is 13.3. The van der Waals surface area contributed by atoms with E-state index < -0.39 is 0 Å². The highest BCUT2D eigenvalue weighted by Gasteiger charge is 2.33. The van der Waals surface area contributed by atoms with Gasteiger partial charge in [0.05, 0.1) is 0 Å². The van der Waals surface area contributed by atoms with Gasteiger partial charge >= 0.3 is 0 Å². The van der Waals surface area contributed by atoms with Crippen LogP contribution in [0.1, 0.15) is 25.8 Å². The molecule has 5 heteroatoms. The van der Waals surface area contributed by atoms with E-state index in [2.05, 4.69) is 34.7 Å². The summed E-state index contributed by atoms with van der Waals surface area (Å²) in [4.78, 5) is 2.29. The monoisotopic (exact) mass is 350 g/mol. The lowest BCUT2D eigenvalue weighted by atomic mass is 9.79. The first-order valence-corrected chi connectivity index (χ1v) is 7.10. The summed E-state index contributed by atoms with van der Waals surface area (Å²) in [6, 6.07) is 5.34. The molecule has 0 aromatic heterocycles. The summed E-state index contributed by atoms with van der Waals surface area (Å²) in [5, 5.41) is 0. The summed E-state index contributed by atoms with van der Waals surface area (Å²) in [5.41, 5.74) is 6.96. The van der Waals surface area contributed by atoms with Crippen LogP contribution < -0.4 is 5.73 Å². The van der Waals surface area contributed by atoms with Crippen molar-refractivity contribution in [3.05, 3.63) is 34.1 Å². The van der Waals surface area contributed by atoms with Crippen LogP contribution in [-0.2, 0) is 6.54 Å². The Hall–Kier alpha value is -0.160. The molecule has 1 aromatic rings. The van der Waals surface area contributed by atoms with Gasteiger partial charge in [0.1, 0.15) is 5.82 Å². The van der Waals surface area contributed by atoms with Crippen molar-refractivity contribution in [2.45, 2.75) is 32.9 Å². The number of halogens is 3. The number of piperidine rings is 1. The van der Waals surface area contributed by atoms with Gasteiger partial charge in [0.25, 0.3) is 0 Å². The molecular weight excluding hydrogens is 331 g/mol. The molecule has 1 aliphatic heterocycles. The van der Waals surface area contributed by atoms with Crippen LogP contribution in [0.3, 0.4) is 0 Å². The SMILES string of the molecule is CC1(C)CN(Cc2cc(Br)ccc2F)CCC1N.Cl. The van der Waals surface area contributed by atoms with Gasteiger partial charge in [0.15, 0.2) is 0 Å². The zero-order valence-electron chi connectivity index (χ0n) is 11.3. The van der Waals surface area contributed by atoms with Crippen molar-refractivity contribution in [3.8, 4) is 0 Å². The number of hydrogen-bond acceptors (Lipinski definition) is 2. The van der Waals surface area contributed by atoms with E-state index in [9.17, 15) is 4.39 Å². The molecule has 2 rings (SSSR count). The van der Waals surface area contributed by atoms with Crippen LogP contribution in [0, 0.1) is 11.2 Å². The number of nitrogens with zero attached hydrogens (tertiary/aromatic N) is 1.